The van der Waals surface area contributed by atoms with Gasteiger partial charge in [0.15, 0.2) is 0 Å². The number of likely N-dealkylation sites (N-methyl/N-ethyl adjacent to an activating group) is 1. The number of hydrogen-bond donors (Lipinski definition) is 0. The van der Waals surface area contributed by atoms with Crippen molar-refractivity contribution in [2.24, 2.45) is 0 Å². The molecule has 0 radical (unpaired) electrons. The minimum atomic E-state index is -0.217. The molecule has 2 atom stereocenters. The summed E-state index contributed by atoms with van der Waals surface area (Å²) in [7, 11) is 1.82. The zero-order valence-electron chi connectivity index (χ0n) is 12.0. The van der Waals surface area contributed by atoms with Crippen molar-refractivity contribution in [3.8, 4) is 0 Å². The lowest BCUT2D eigenvalue weighted by molar-refractivity contribution is -0.172. The molecule has 0 bridgehead atoms. The molecule has 1 aliphatic rings. The Hall–Kier alpha value is -0.610. The smallest absolute Gasteiger partial charge is 0.325 e. The van der Waals surface area contributed by atoms with Crippen molar-refractivity contribution in [2.45, 2.75) is 70.9 Å². The van der Waals surface area contributed by atoms with Crippen LogP contribution < -0.4 is 0 Å². The average molecular weight is 257 g/mol. The van der Waals surface area contributed by atoms with E-state index in [9.17, 15) is 4.79 Å². The lowest BCUT2D eigenvalue weighted by Gasteiger charge is -2.15. The van der Waals surface area contributed by atoms with E-state index >= 15 is 0 Å². The van der Waals surface area contributed by atoms with Crippen molar-refractivity contribution < 1.29 is 14.4 Å². The van der Waals surface area contributed by atoms with E-state index in [0.29, 0.717) is 6.61 Å². The quantitative estimate of drug-likeness (QED) is 0.495. The van der Waals surface area contributed by atoms with Crippen LogP contribution in [0, 0.1) is 0 Å². The first-order valence-corrected chi connectivity index (χ1v) is 7.25. The SMILES string of the molecule is CCCCCCC[C@H]1C[C@H](C(=O)OCC)N(C)O1. The summed E-state index contributed by atoms with van der Waals surface area (Å²) >= 11 is 0. The van der Waals surface area contributed by atoms with Crippen LogP contribution in [-0.2, 0) is 14.4 Å². The Kier molecular flexibility index (Phi) is 7.28. The maximum Gasteiger partial charge on any atom is 0.325 e. The summed E-state index contributed by atoms with van der Waals surface area (Å²) in [6.45, 7) is 4.49. The number of hydroxylamine groups is 2. The van der Waals surface area contributed by atoms with Gasteiger partial charge in [-0.05, 0) is 13.3 Å². The van der Waals surface area contributed by atoms with E-state index in [1.807, 2.05) is 14.0 Å². The topological polar surface area (TPSA) is 38.8 Å². The van der Waals surface area contributed by atoms with Crippen molar-refractivity contribution in [1.82, 2.24) is 5.06 Å². The second kappa shape index (κ2) is 8.48. The average Bonchev–Trinajstić information content (AvgIpc) is 2.71. The van der Waals surface area contributed by atoms with E-state index in [1.165, 1.54) is 32.1 Å². The maximum atomic E-state index is 11.7. The number of nitrogens with zero attached hydrogens (tertiary/aromatic N) is 1. The Morgan fingerprint density at radius 1 is 1.28 bits per heavy atom. The summed E-state index contributed by atoms with van der Waals surface area (Å²) in [6.07, 6.45) is 8.35. The van der Waals surface area contributed by atoms with Crippen LogP contribution in [-0.4, -0.2) is 36.8 Å². The fraction of sp³-hybridized carbons (Fsp3) is 0.929. The van der Waals surface area contributed by atoms with Crippen molar-refractivity contribution in [3.63, 3.8) is 0 Å². The van der Waals surface area contributed by atoms with E-state index < -0.39 is 0 Å². The number of carbonyl (C=O) groups is 1. The van der Waals surface area contributed by atoms with Gasteiger partial charge in [0.05, 0.1) is 12.7 Å². The standard InChI is InChI=1S/C14H27NO3/c1-4-6-7-8-9-10-12-11-13(15(3)18-12)14(16)17-5-2/h12-13H,4-11H2,1-3H3/t12-,13+/m0/s1. The molecule has 4 nitrogen and oxygen atoms in total. The zero-order chi connectivity index (χ0) is 13.4. The van der Waals surface area contributed by atoms with Gasteiger partial charge in [0, 0.05) is 13.5 Å². The number of rotatable bonds is 8. The third-order valence-electron chi connectivity index (χ3n) is 3.43. The molecule has 0 aromatic carbocycles. The largest absolute Gasteiger partial charge is 0.465 e. The van der Waals surface area contributed by atoms with Gasteiger partial charge >= 0.3 is 5.97 Å². The first kappa shape index (κ1) is 15.4. The van der Waals surface area contributed by atoms with Gasteiger partial charge in [-0.25, -0.2) is 0 Å². The Balaban J connectivity index is 2.20. The lowest BCUT2D eigenvalue weighted by Crippen LogP contribution is -2.33. The summed E-state index contributed by atoms with van der Waals surface area (Å²) in [5, 5.41) is 1.66. The molecule has 0 aliphatic carbocycles. The van der Waals surface area contributed by atoms with Crippen LogP contribution >= 0.6 is 0 Å². The van der Waals surface area contributed by atoms with Gasteiger partial charge in [0.25, 0.3) is 0 Å². The van der Waals surface area contributed by atoms with E-state index in [4.69, 9.17) is 9.57 Å². The second-order valence-electron chi connectivity index (χ2n) is 4.98. The number of esters is 1. The Morgan fingerprint density at radius 3 is 2.67 bits per heavy atom. The summed E-state index contributed by atoms with van der Waals surface area (Å²) in [6, 6.07) is -0.217. The molecule has 0 saturated carbocycles. The first-order valence-electron chi connectivity index (χ1n) is 7.25. The van der Waals surface area contributed by atoms with Crippen molar-refractivity contribution in [2.75, 3.05) is 13.7 Å². The molecule has 18 heavy (non-hydrogen) atoms. The predicted molar refractivity (Wildman–Crippen MR) is 71.1 cm³/mol. The number of ether oxygens (including phenoxy) is 1. The molecule has 0 aromatic rings. The fourth-order valence-electron chi connectivity index (χ4n) is 2.38. The lowest BCUT2D eigenvalue weighted by atomic mass is 10.0. The molecule has 0 amide bonds. The monoisotopic (exact) mass is 257 g/mol. The highest BCUT2D eigenvalue weighted by molar-refractivity contribution is 5.75. The molecular weight excluding hydrogens is 230 g/mol. The predicted octanol–water partition coefficient (Wildman–Crippen LogP) is 2.91. The maximum absolute atomic E-state index is 11.7. The number of unbranched alkanes of at least 4 members (excludes halogenated alkanes) is 4. The molecule has 1 rings (SSSR count). The molecular formula is C14H27NO3. The minimum absolute atomic E-state index is 0.159. The summed E-state index contributed by atoms with van der Waals surface area (Å²) in [5.41, 5.74) is 0. The van der Waals surface area contributed by atoms with Gasteiger partial charge < -0.3 is 4.74 Å². The minimum Gasteiger partial charge on any atom is -0.465 e. The van der Waals surface area contributed by atoms with Gasteiger partial charge in [-0.2, -0.15) is 5.06 Å². The Labute approximate surface area is 111 Å². The summed E-state index contributed by atoms with van der Waals surface area (Å²) < 4.78 is 5.04. The molecule has 0 unspecified atom stereocenters. The number of carbonyl (C=O) groups excluding carboxylic acids is 1. The highest BCUT2D eigenvalue weighted by Crippen LogP contribution is 2.24. The van der Waals surface area contributed by atoms with E-state index in [-0.39, 0.29) is 18.1 Å². The summed E-state index contributed by atoms with van der Waals surface area (Å²) in [4.78, 5) is 17.4. The highest BCUT2D eigenvalue weighted by Gasteiger charge is 2.36. The molecule has 0 N–H and O–H groups in total. The number of hydrogen-bond acceptors (Lipinski definition) is 4. The molecule has 1 heterocycles. The summed E-state index contributed by atoms with van der Waals surface area (Å²) in [5.74, 6) is -0.159. The molecule has 106 valence electrons. The van der Waals surface area contributed by atoms with Crippen LogP contribution in [0.5, 0.6) is 0 Å². The third kappa shape index (κ3) is 4.94. The fourth-order valence-corrected chi connectivity index (χ4v) is 2.38. The third-order valence-corrected chi connectivity index (χ3v) is 3.43. The van der Waals surface area contributed by atoms with Crippen LogP contribution in [0.25, 0.3) is 0 Å². The second-order valence-corrected chi connectivity index (χ2v) is 4.98. The van der Waals surface area contributed by atoms with Crippen LogP contribution in [0.1, 0.15) is 58.8 Å². The van der Waals surface area contributed by atoms with Crippen molar-refractivity contribution in [3.05, 3.63) is 0 Å². The molecule has 1 saturated heterocycles. The van der Waals surface area contributed by atoms with E-state index in [2.05, 4.69) is 6.92 Å². The molecule has 4 heteroatoms. The molecule has 0 spiro atoms. The Morgan fingerprint density at radius 2 is 2.00 bits per heavy atom. The molecule has 1 aliphatic heterocycles. The van der Waals surface area contributed by atoms with Gasteiger partial charge in [-0.15, -0.1) is 0 Å². The van der Waals surface area contributed by atoms with Gasteiger partial charge in [0.1, 0.15) is 6.04 Å². The van der Waals surface area contributed by atoms with Crippen LogP contribution in [0.15, 0.2) is 0 Å². The van der Waals surface area contributed by atoms with E-state index in [0.717, 1.165) is 12.8 Å². The molecule has 0 aromatic heterocycles. The Bertz CT molecular complexity index is 245. The first-order chi connectivity index (χ1) is 8.69. The van der Waals surface area contributed by atoms with Gasteiger partial charge in [-0.3, -0.25) is 9.63 Å². The van der Waals surface area contributed by atoms with E-state index in [1.54, 1.807) is 5.06 Å². The molecule has 1 fully saturated rings. The van der Waals surface area contributed by atoms with Gasteiger partial charge in [-0.1, -0.05) is 39.0 Å². The zero-order valence-corrected chi connectivity index (χ0v) is 12.0. The highest BCUT2D eigenvalue weighted by atomic mass is 16.7. The van der Waals surface area contributed by atoms with Gasteiger partial charge in [0.2, 0.25) is 0 Å². The van der Waals surface area contributed by atoms with Crippen molar-refractivity contribution >= 4 is 5.97 Å². The van der Waals surface area contributed by atoms with Crippen molar-refractivity contribution in [1.29, 1.82) is 0 Å². The van der Waals surface area contributed by atoms with Crippen LogP contribution in [0.4, 0.5) is 0 Å². The van der Waals surface area contributed by atoms with Crippen LogP contribution in [0.2, 0.25) is 0 Å². The normalized spacial score (nSPS) is 24.4. The van der Waals surface area contributed by atoms with Crippen LogP contribution in [0.3, 0.4) is 0 Å².